The lowest BCUT2D eigenvalue weighted by Crippen LogP contribution is -2.42. The SMILES string of the molecule is CCOc1ccc(NC(=O)Cn2cnc3sc(C)c(S(=O)(=O)N4C[C@@H](C)C[C@H](C)C4)c3c2=O)cc1. The monoisotopic (exact) mass is 518 g/mol. The molecule has 0 spiro atoms. The van der Waals surface area contributed by atoms with E-state index in [9.17, 15) is 18.0 Å². The Kier molecular flexibility index (Phi) is 7.30. The molecule has 2 aromatic heterocycles. The van der Waals surface area contributed by atoms with Crippen molar-refractivity contribution >= 4 is 43.2 Å². The Bertz CT molecular complexity index is 1390. The van der Waals surface area contributed by atoms with Crippen LogP contribution < -0.4 is 15.6 Å². The van der Waals surface area contributed by atoms with Crippen LogP contribution in [0.1, 0.15) is 32.1 Å². The number of nitrogens with one attached hydrogen (secondary N) is 1. The van der Waals surface area contributed by atoms with E-state index in [-0.39, 0.29) is 28.7 Å². The normalized spacial score (nSPS) is 19.1. The molecule has 0 radical (unpaired) electrons. The molecule has 0 aliphatic carbocycles. The summed E-state index contributed by atoms with van der Waals surface area (Å²) in [7, 11) is -3.89. The second-order valence-corrected chi connectivity index (χ2v) is 12.2. The van der Waals surface area contributed by atoms with Gasteiger partial charge < -0.3 is 10.1 Å². The van der Waals surface area contributed by atoms with Gasteiger partial charge >= 0.3 is 0 Å². The number of anilines is 1. The van der Waals surface area contributed by atoms with Crippen LogP contribution in [0.4, 0.5) is 5.69 Å². The third-order valence-electron chi connectivity index (χ3n) is 6.00. The first kappa shape index (κ1) is 25.3. The number of fused-ring (bicyclic) bond motifs is 1. The molecule has 11 heteroatoms. The minimum atomic E-state index is -3.89. The fraction of sp³-hybridized carbons (Fsp3) is 0.458. The highest BCUT2D eigenvalue weighted by molar-refractivity contribution is 7.89. The zero-order chi connectivity index (χ0) is 25.3. The van der Waals surface area contributed by atoms with Gasteiger partial charge in [0.05, 0.1) is 18.3 Å². The Morgan fingerprint density at radius 3 is 2.49 bits per heavy atom. The summed E-state index contributed by atoms with van der Waals surface area (Å²) in [6, 6.07) is 6.90. The largest absolute Gasteiger partial charge is 0.494 e. The van der Waals surface area contributed by atoms with E-state index in [0.717, 1.165) is 11.0 Å². The minimum absolute atomic E-state index is 0.0116. The van der Waals surface area contributed by atoms with E-state index < -0.39 is 21.5 Å². The molecule has 1 aliphatic heterocycles. The molecule has 1 saturated heterocycles. The minimum Gasteiger partial charge on any atom is -0.494 e. The number of thiophene rings is 1. The van der Waals surface area contributed by atoms with Gasteiger partial charge in [-0.25, -0.2) is 13.4 Å². The molecule has 188 valence electrons. The quantitative estimate of drug-likeness (QED) is 0.513. The van der Waals surface area contributed by atoms with Gasteiger partial charge in [0.1, 0.15) is 22.0 Å². The van der Waals surface area contributed by atoms with E-state index in [1.165, 1.54) is 22.0 Å². The topological polar surface area (TPSA) is 111 Å². The lowest BCUT2D eigenvalue weighted by Gasteiger charge is -2.34. The van der Waals surface area contributed by atoms with Gasteiger partial charge in [-0.3, -0.25) is 14.2 Å². The number of carbonyl (C=O) groups excluding carboxylic acids is 1. The molecule has 1 fully saturated rings. The number of amides is 1. The maximum atomic E-state index is 13.6. The number of hydrogen-bond donors (Lipinski definition) is 1. The van der Waals surface area contributed by atoms with Crippen molar-refractivity contribution < 1.29 is 17.9 Å². The molecule has 1 N–H and O–H groups in total. The molecular formula is C24H30N4O5S2. The van der Waals surface area contributed by atoms with Crippen molar-refractivity contribution in [2.24, 2.45) is 11.8 Å². The lowest BCUT2D eigenvalue weighted by atomic mass is 9.94. The van der Waals surface area contributed by atoms with Crippen molar-refractivity contribution in [2.45, 2.75) is 45.6 Å². The summed E-state index contributed by atoms with van der Waals surface area (Å²) in [4.78, 5) is 31.2. The van der Waals surface area contributed by atoms with Crippen LogP contribution in [0.2, 0.25) is 0 Å². The fourth-order valence-electron chi connectivity index (χ4n) is 4.62. The van der Waals surface area contributed by atoms with Gasteiger partial charge in [-0.1, -0.05) is 13.8 Å². The first-order valence-corrected chi connectivity index (χ1v) is 13.9. The summed E-state index contributed by atoms with van der Waals surface area (Å²) in [5, 5.41) is 2.79. The van der Waals surface area contributed by atoms with Crippen LogP contribution >= 0.6 is 11.3 Å². The zero-order valence-electron chi connectivity index (χ0n) is 20.3. The van der Waals surface area contributed by atoms with Crippen LogP contribution in [0.15, 0.2) is 40.3 Å². The highest BCUT2D eigenvalue weighted by Gasteiger charge is 2.35. The summed E-state index contributed by atoms with van der Waals surface area (Å²) in [6.45, 7) is 8.74. The number of ether oxygens (including phenoxy) is 1. The third kappa shape index (κ3) is 5.26. The molecular weight excluding hydrogens is 488 g/mol. The van der Waals surface area contributed by atoms with Crippen molar-refractivity contribution in [3.8, 4) is 5.75 Å². The maximum absolute atomic E-state index is 13.6. The smallest absolute Gasteiger partial charge is 0.263 e. The van der Waals surface area contributed by atoms with E-state index in [1.807, 2.05) is 20.8 Å². The van der Waals surface area contributed by atoms with Crippen LogP contribution in [0, 0.1) is 18.8 Å². The molecule has 0 unspecified atom stereocenters. The molecule has 0 bridgehead atoms. The Hall–Kier alpha value is -2.76. The van der Waals surface area contributed by atoms with Crippen LogP contribution in [0.5, 0.6) is 5.75 Å². The van der Waals surface area contributed by atoms with Crippen LogP contribution in [-0.2, 0) is 21.4 Å². The Labute approximate surface area is 208 Å². The van der Waals surface area contributed by atoms with Gasteiger partial charge in [0.25, 0.3) is 5.56 Å². The summed E-state index contributed by atoms with van der Waals surface area (Å²) in [5.74, 6) is 0.738. The van der Waals surface area contributed by atoms with Gasteiger partial charge in [0.15, 0.2) is 0 Å². The van der Waals surface area contributed by atoms with E-state index >= 15 is 0 Å². The predicted molar refractivity (Wildman–Crippen MR) is 137 cm³/mol. The van der Waals surface area contributed by atoms with E-state index in [4.69, 9.17) is 4.74 Å². The van der Waals surface area contributed by atoms with Gasteiger partial charge in [0.2, 0.25) is 15.9 Å². The van der Waals surface area contributed by atoms with E-state index in [1.54, 1.807) is 31.2 Å². The molecule has 0 saturated carbocycles. The Morgan fingerprint density at radius 1 is 1.20 bits per heavy atom. The number of piperidine rings is 1. The van der Waals surface area contributed by atoms with Crippen molar-refractivity contribution in [3.63, 3.8) is 0 Å². The molecule has 1 amide bonds. The van der Waals surface area contributed by atoms with Crippen molar-refractivity contribution in [3.05, 3.63) is 45.8 Å². The fourth-order valence-corrected chi connectivity index (χ4v) is 7.97. The molecule has 9 nitrogen and oxygen atoms in total. The van der Waals surface area contributed by atoms with E-state index in [2.05, 4.69) is 10.3 Å². The molecule has 3 aromatic rings. The number of benzene rings is 1. The van der Waals surface area contributed by atoms with Crippen LogP contribution in [0.25, 0.3) is 10.2 Å². The molecule has 3 heterocycles. The number of sulfonamides is 1. The average Bonchev–Trinajstić information content (AvgIpc) is 3.14. The maximum Gasteiger partial charge on any atom is 0.263 e. The number of nitrogens with zero attached hydrogens (tertiary/aromatic N) is 3. The van der Waals surface area contributed by atoms with Gasteiger partial charge in [0, 0.05) is 23.7 Å². The van der Waals surface area contributed by atoms with Crippen LogP contribution in [-0.4, -0.2) is 47.9 Å². The predicted octanol–water partition coefficient (Wildman–Crippen LogP) is 3.47. The number of hydrogen-bond acceptors (Lipinski definition) is 7. The van der Waals surface area contributed by atoms with Gasteiger partial charge in [-0.05, 0) is 56.4 Å². The number of aromatic nitrogens is 2. The van der Waals surface area contributed by atoms with Gasteiger partial charge in [-0.15, -0.1) is 11.3 Å². The molecule has 1 aliphatic rings. The van der Waals surface area contributed by atoms with Crippen molar-refractivity contribution in [1.29, 1.82) is 0 Å². The number of rotatable bonds is 7. The number of aryl methyl sites for hydroxylation is 1. The van der Waals surface area contributed by atoms with Gasteiger partial charge in [-0.2, -0.15) is 4.31 Å². The summed E-state index contributed by atoms with van der Waals surface area (Å²) in [6.07, 6.45) is 2.26. The summed E-state index contributed by atoms with van der Waals surface area (Å²) in [5.41, 5.74) is 0.0152. The molecule has 2 atom stereocenters. The first-order valence-electron chi connectivity index (χ1n) is 11.6. The second kappa shape index (κ2) is 10.1. The third-order valence-corrected chi connectivity index (χ3v) is 9.14. The summed E-state index contributed by atoms with van der Waals surface area (Å²) < 4.78 is 35.3. The molecule has 1 aromatic carbocycles. The summed E-state index contributed by atoms with van der Waals surface area (Å²) >= 11 is 1.18. The first-order chi connectivity index (χ1) is 16.6. The zero-order valence-corrected chi connectivity index (χ0v) is 21.9. The van der Waals surface area contributed by atoms with Crippen LogP contribution in [0.3, 0.4) is 0 Å². The van der Waals surface area contributed by atoms with E-state index in [0.29, 0.717) is 40.8 Å². The standard InChI is InChI=1S/C24H30N4O5S2/c1-5-33-19-8-6-18(7-9-19)26-20(29)13-27-14-25-23-21(24(27)30)22(17(4)34-23)35(31,32)28-11-15(2)10-16(3)12-28/h6-9,14-16H,5,10-13H2,1-4H3,(H,26,29)/t15-,16-/m0/s1. The lowest BCUT2D eigenvalue weighted by molar-refractivity contribution is -0.116. The average molecular weight is 519 g/mol. The molecule has 4 rings (SSSR count). The Morgan fingerprint density at radius 2 is 1.86 bits per heavy atom. The molecule has 35 heavy (non-hydrogen) atoms. The highest BCUT2D eigenvalue weighted by atomic mass is 32.2. The second-order valence-electron chi connectivity index (χ2n) is 9.12. The van der Waals surface area contributed by atoms with Crippen molar-refractivity contribution in [2.75, 3.05) is 25.0 Å². The van der Waals surface area contributed by atoms with Crippen molar-refractivity contribution in [1.82, 2.24) is 13.9 Å². The Balaban J connectivity index is 1.63. The highest BCUT2D eigenvalue weighted by Crippen LogP contribution is 2.35. The number of carbonyl (C=O) groups is 1.